The van der Waals surface area contributed by atoms with Crippen LogP contribution < -0.4 is 0 Å². The fourth-order valence-electron chi connectivity index (χ4n) is 1.77. The first-order chi connectivity index (χ1) is 8.17. The third kappa shape index (κ3) is 4.30. The van der Waals surface area contributed by atoms with Gasteiger partial charge >= 0.3 is 0 Å². The summed E-state index contributed by atoms with van der Waals surface area (Å²) in [7, 11) is 0. The largest absolute Gasteiger partial charge is 0.466 e. The highest BCUT2D eigenvalue weighted by atomic mass is 16.3. The molecule has 17 heavy (non-hydrogen) atoms. The maximum atomic E-state index is 8.61. The smallest absolute Gasteiger partial charge is 0.105 e. The number of hydrogen-bond donors (Lipinski definition) is 0. The number of nitrogens with zero attached hydrogens (tertiary/aromatic N) is 3. The molecule has 0 unspecified atom stereocenters. The second kappa shape index (κ2) is 6.73. The van der Waals surface area contributed by atoms with E-state index in [0.717, 1.165) is 23.6 Å². The molecule has 1 aromatic rings. The Hall–Kier alpha value is -1.78. The van der Waals surface area contributed by atoms with Gasteiger partial charge in [0.1, 0.15) is 11.5 Å². The summed E-state index contributed by atoms with van der Waals surface area (Å²) >= 11 is 0. The molecule has 0 amide bonds. The average molecular weight is 231 g/mol. The molecule has 4 nitrogen and oxygen atoms in total. The molecule has 0 aliphatic carbocycles. The molecule has 0 bridgehead atoms. The molecule has 1 heterocycles. The highest BCUT2D eigenvalue weighted by Gasteiger charge is 2.10. The third-order valence-electron chi connectivity index (χ3n) is 2.62. The first-order valence-electron chi connectivity index (χ1n) is 5.69. The fraction of sp³-hybridized carbons (Fsp3) is 0.538. The van der Waals surface area contributed by atoms with Crippen molar-refractivity contribution >= 4 is 0 Å². The van der Waals surface area contributed by atoms with Crippen molar-refractivity contribution in [3.8, 4) is 12.1 Å². The molecule has 0 radical (unpaired) electrons. The zero-order chi connectivity index (χ0) is 12.7. The van der Waals surface area contributed by atoms with E-state index in [1.54, 1.807) is 0 Å². The maximum Gasteiger partial charge on any atom is 0.105 e. The van der Waals surface area contributed by atoms with Gasteiger partial charge in [0.15, 0.2) is 0 Å². The van der Waals surface area contributed by atoms with Crippen LogP contribution >= 0.6 is 0 Å². The Morgan fingerprint density at radius 3 is 2.18 bits per heavy atom. The topological polar surface area (TPSA) is 64.0 Å². The lowest BCUT2D eigenvalue weighted by Crippen LogP contribution is -2.25. The van der Waals surface area contributed by atoms with Crippen LogP contribution in [0.4, 0.5) is 0 Å². The minimum Gasteiger partial charge on any atom is -0.466 e. The highest BCUT2D eigenvalue weighted by Crippen LogP contribution is 2.16. The molecule has 0 aliphatic heterocycles. The lowest BCUT2D eigenvalue weighted by Gasteiger charge is -2.19. The van der Waals surface area contributed by atoms with Gasteiger partial charge in [-0.3, -0.25) is 4.90 Å². The number of aryl methyl sites for hydroxylation is 2. The van der Waals surface area contributed by atoms with E-state index in [2.05, 4.69) is 17.0 Å². The van der Waals surface area contributed by atoms with Crippen LogP contribution in [0.2, 0.25) is 0 Å². The minimum absolute atomic E-state index is 0.487. The van der Waals surface area contributed by atoms with Crippen molar-refractivity contribution in [2.45, 2.75) is 33.2 Å². The van der Waals surface area contributed by atoms with Crippen LogP contribution in [0.5, 0.6) is 0 Å². The lowest BCUT2D eigenvalue weighted by atomic mass is 10.2. The molecule has 0 N–H and O–H groups in total. The van der Waals surface area contributed by atoms with Crippen LogP contribution in [-0.2, 0) is 6.54 Å². The van der Waals surface area contributed by atoms with Gasteiger partial charge in [0, 0.05) is 38.0 Å². The third-order valence-corrected chi connectivity index (χ3v) is 2.62. The molecule has 1 rings (SSSR count). The van der Waals surface area contributed by atoms with Crippen molar-refractivity contribution in [2.75, 3.05) is 13.1 Å². The van der Waals surface area contributed by atoms with Crippen LogP contribution in [0.3, 0.4) is 0 Å². The van der Waals surface area contributed by atoms with Gasteiger partial charge in [-0.15, -0.1) is 0 Å². The summed E-state index contributed by atoms with van der Waals surface area (Å²) in [6, 6.07) is 6.28. The Morgan fingerprint density at radius 2 is 1.76 bits per heavy atom. The van der Waals surface area contributed by atoms with Crippen LogP contribution in [0, 0.1) is 36.5 Å². The standard InChI is InChI=1S/C13H17N3O/c1-11-9-13(12(2)17-11)10-16(7-3-5-14)8-4-6-15/h9H,3-4,7-8,10H2,1-2H3. The van der Waals surface area contributed by atoms with Gasteiger partial charge in [-0.1, -0.05) is 0 Å². The Morgan fingerprint density at radius 1 is 1.18 bits per heavy atom. The summed E-state index contributed by atoms with van der Waals surface area (Å²) in [5.74, 6) is 1.82. The van der Waals surface area contributed by atoms with Crippen molar-refractivity contribution < 1.29 is 4.42 Å². The molecule has 0 aliphatic rings. The van der Waals surface area contributed by atoms with Gasteiger partial charge in [0.2, 0.25) is 0 Å². The van der Waals surface area contributed by atoms with E-state index in [9.17, 15) is 0 Å². The van der Waals surface area contributed by atoms with Crippen molar-refractivity contribution in [1.29, 1.82) is 10.5 Å². The fourth-order valence-corrected chi connectivity index (χ4v) is 1.77. The molecule has 0 fully saturated rings. The van der Waals surface area contributed by atoms with E-state index in [4.69, 9.17) is 14.9 Å². The van der Waals surface area contributed by atoms with Crippen molar-refractivity contribution in [2.24, 2.45) is 0 Å². The molecule has 0 atom stereocenters. The van der Waals surface area contributed by atoms with Gasteiger partial charge < -0.3 is 4.42 Å². The van der Waals surface area contributed by atoms with Gasteiger partial charge in [-0.05, 0) is 19.9 Å². The Balaban J connectivity index is 2.62. The van der Waals surface area contributed by atoms with Crippen LogP contribution in [0.1, 0.15) is 29.9 Å². The summed E-state index contributed by atoms with van der Waals surface area (Å²) in [6.07, 6.45) is 0.975. The summed E-state index contributed by atoms with van der Waals surface area (Å²) in [5.41, 5.74) is 1.14. The normalized spacial score (nSPS) is 10.2. The first kappa shape index (κ1) is 13.3. The van der Waals surface area contributed by atoms with Crippen molar-refractivity contribution in [3.05, 3.63) is 23.2 Å². The first-order valence-corrected chi connectivity index (χ1v) is 5.69. The minimum atomic E-state index is 0.487. The van der Waals surface area contributed by atoms with E-state index in [1.807, 2.05) is 19.9 Å². The number of furan rings is 1. The lowest BCUT2D eigenvalue weighted by molar-refractivity contribution is 0.276. The summed E-state index contributed by atoms with van der Waals surface area (Å²) < 4.78 is 5.47. The van der Waals surface area contributed by atoms with E-state index >= 15 is 0 Å². The van der Waals surface area contributed by atoms with Crippen LogP contribution in [0.15, 0.2) is 10.5 Å². The van der Waals surface area contributed by atoms with Crippen molar-refractivity contribution in [1.82, 2.24) is 4.90 Å². The molecule has 0 aromatic carbocycles. The second-order valence-corrected chi connectivity index (χ2v) is 4.03. The molecular formula is C13H17N3O. The SMILES string of the molecule is Cc1cc(CN(CCC#N)CCC#N)c(C)o1. The van der Waals surface area contributed by atoms with E-state index in [-0.39, 0.29) is 0 Å². The summed E-state index contributed by atoms with van der Waals surface area (Å²) in [4.78, 5) is 2.11. The summed E-state index contributed by atoms with van der Waals surface area (Å²) in [6.45, 7) is 6.00. The molecule has 90 valence electrons. The zero-order valence-corrected chi connectivity index (χ0v) is 10.4. The second-order valence-electron chi connectivity index (χ2n) is 4.03. The predicted octanol–water partition coefficient (Wildman–Crippen LogP) is 2.53. The van der Waals surface area contributed by atoms with Gasteiger partial charge in [-0.25, -0.2) is 0 Å². The Bertz CT molecular complexity index is 418. The summed E-state index contributed by atoms with van der Waals surface area (Å²) in [5, 5.41) is 17.2. The molecule has 4 heteroatoms. The van der Waals surface area contributed by atoms with Crippen LogP contribution in [0.25, 0.3) is 0 Å². The Labute approximate surface area is 102 Å². The average Bonchev–Trinajstić information content (AvgIpc) is 2.61. The number of hydrogen-bond acceptors (Lipinski definition) is 4. The van der Waals surface area contributed by atoms with E-state index < -0.39 is 0 Å². The van der Waals surface area contributed by atoms with Gasteiger partial charge in [0.05, 0.1) is 12.1 Å². The van der Waals surface area contributed by atoms with E-state index in [0.29, 0.717) is 25.9 Å². The van der Waals surface area contributed by atoms with Gasteiger partial charge in [0.25, 0.3) is 0 Å². The van der Waals surface area contributed by atoms with Gasteiger partial charge in [-0.2, -0.15) is 10.5 Å². The number of rotatable bonds is 6. The van der Waals surface area contributed by atoms with E-state index in [1.165, 1.54) is 0 Å². The van der Waals surface area contributed by atoms with Crippen molar-refractivity contribution in [3.63, 3.8) is 0 Å². The predicted molar refractivity (Wildman–Crippen MR) is 63.9 cm³/mol. The monoisotopic (exact) mass is 231 g/mol. The molecule has 0 saturated heterocycles. The maximum absolute atomic E-state index is 8.61. The zero-order valence-electron chi connectivity index (χ0n) is 10.4. The number of nitriles is 2. The van der Waals surface area contributed by atoms with Crippen LogP contribution in [-0.4, -0.2) is 18.0 Å². The molecule has 0 saturated carbocycles. The Kier molecular flexibility index (Phi) is 5.26. The molecule has 1 aromatic heterocycles. The molecular weight excluding hydrogens is 214 g/mol. The molecule has 0 spiro atoms. The highest BCUT2D eigenvalue weighted by molar-refractivity contribution is 5.19. The quantitative estimate of drug-likeness (QED) is 0.754.